The van der Waals surface area contributed by atoms with Crippen LogP contribution >= 0.6 is 23.2 Å². The molecule has 6 heteroatoms. The van der Waals surface area contributed by atoms with E-state index in [1.54, 1.807) is 25.1 Å². The van der Waals surface area contributed by atoms with E-state index in [-0.39, 0.29) is 5.91 Å². The molecule has 3 aromatic carbocycles. The first-order chi connectivity index (χ1) is 12.9. The van der Waals surface area contributed by atoms with Gasteiger partial charge >= 0.3 is 0 Å². The van der Waals surface area contributed by atoms with Gasteiger partial charge in [0.2, 0.25) is 0 Å². The fourth-order valence-electron chi connectivity index (χ4n) is 2.83. The Morgan fingerprint density at radius 2 is 1.74 bits per heavy atom. The Bertz CT molecular complexity index is 989. The van der Waals surface area contributed by atoms with Gasteiger partial charge in [-0.05, 0) is 37.3 Å². The molecular weight excluding hydrogens is 383 g/mol. The summed E-state index contributed by atoms with van der Waals surface area (Å²) in [5, 5.41) is 5.86. The van der Waals surface area contributed by atoms with E-state index >= 15 is 0 Å². The predicted octanol–water partition coefficient (Wildman–Crippen LogP) is 5.62. The van der Waals surface area contributed by atoms with Crippen LogP contribution in [0.15, 0.2) is 54.6 Å². The number of anilines is 2. The lowest BCUT2D eigenvalue weighted by molar-refractivity contribution is -0.122. The summed E-state index contributed by atoms with van der Waals surface area (Å²) in [6.45, 7) is 1.68. The summed E-state index contributed by atoms with van der Waals surface area (Å²) < 4.78 is 5.70. The number of nitrogens with one attached hydrogen (secondary N) is 1. The Kier molecular flexibility index (Phi) is 5.78. The highest BCUT2D eigenvalue weighted by Gasteiger charge is 2.18. The molecule has 1 amide bonds. The number of ether oxygens (including phenoxy) is 1. The van der Waals surface area contributed by atoms with Crippen LogP contribution in [0, 0.1) is 0 Å². The maximum atomic E-state index is 12.6. The lowest BCUT2D eigenvalue weighted by Crippen LogP contribution is -2.30. The number of rotatable bonds is 5. The van der Waals surface area contributed by atoms with Gasteiger partial charge in [-0.15, -0.1) is 0 Å². The quantitative estimate of drug-likeness (QED) is 0.601. The Labute approximate surface area is 168 Å². The highest BCUT2D eigenvalue weighted by Crippen LogP contribution is 2.32. The van der Waals surface area contributed by atoms with Gasteiger partial charge in [0.15, 0.2) is 6.10 Å². The molecule has 0 aliphatic carbocycles. The lowest BCUT2D eigenvalue weighted by atomic mass is 10.1. The van der Waals surface area contributed by atoms with Crippen LogP contribution in [0.4, 0.5) is 11.4 Å². The Morgan fingerprint density at radius 3 is 2.41 bits per heavy atom. The van der Waals surface area contributed by atoms with Gasteiger partial charge in [-0.2, -0.15) is 0 Å². The molecule has 140 valence electrons. The second-order valence-corrected chi connectivity index (χ2v) is 7.24. The van der Waals surface area contributed by atoms with Crippen LogP contribution in [-0.2, 0) is 4.79 Å². The average Bonchev–Trinajstić information content (AvgIpc) is 2.63. The molecule has 1 unspecified atom stereocenters. The van der Waals surface area contributed by atoms with Gasteiger partial charge in [-0.3, -0.25) is 4.79 Å². The largest absolute Gasteiger partial charge is 0.479 e. The smallest absolute Gasteiger partial charge is 0.265 e. The first-order valence-electron chi connectivity index (χ1n) is 8.48. The van der Waals surface area contributed by atoms with E-state index in [1.807, 2.05) is 55.4 Å². The average molecular weight is 403 g/mol. The minimum absolute atomic E-state index is 0.260. The third-order valence-corrected chi connectivity index (χ3v) is 4.74. The highest BCUT2D eigenvalue weighted by atomic mass is 35.5. The Hall–Kier alpha value is -2.43. The minimum atomic E-state index is -0.726. The maximum absolute atomic E-state index is 12.6. The molecule has 4 nitrogen and oxygen atoms in total. The zero-order valence-electron chi connectivity index (χ0n) is 15.3. The maximum Gasteiger partial charge on any atom is 0.265 e. The Morgan fingerprint density at radius 1 is 1.04 bits per heavy atom. The van der Waals surface area contributed by atoms with Crippen molar-refractivity contribution < 1.29 is 9.53 Å². The number of nitrogens with zero attached hydrogens (tertiary/aromatic N) is 1. The lowest BCUT2D eigenvalue weighted by Gasteiger charge is -2.19. The first kappa shape index (κ1) is 19.3. The van der Waals surface area contributed by atoms with Crippen molar-refractivity contribution in [2.45, 2.75) is 13.0 Å². The van der Waals surface area contributed by atoms with Crippen molar-refractivity contribution >= 4 is 51.3 Å². The molecule has 0 aromatic heterocycles. The van der Waals surface area contributed by atoms with Crippen LogP contribution < -0.4 is 15.0 Å². The fraction of sp³-hybridized carbons (Fsp3) is 0.190. The summed E-state index contributed by atoms with van der Waals surface area (Å²) in [6, 6.07) is 16.7. The molecule has 0 radical (unpaired) electrons. The normalized spacial score (nSPS) is 11.9. The summed E-state index contributed by atoms with van der Waals surface area (Å²) in [5.41, 5.74) is 1.82. The standard InChI is InChI=1S/C21H20Cl2N2O2/c1-13(27-20-11-8-14(22)12-17(20)23)21(26)24-18-9-10-19(25(2)3)16-7-5-4-6-15(16)18/h4-13H,1-3H3,(H,24,26). The van der Waals surface area contributed by atoms with E-state index in [1.165, 1.54) is 0 Å². The molecule has 0 aliphatic rings. The van der Waals surface area contributed by atoms with Crippen LogP contribution in [0.2, 0.25) is 10.0 Å². The Balaban J connectivity index is 1.82. The zero-order chi connectivity index (χ0) is 19.6. The number of amides is 1. The number of hydrogen-bond donors (Lipinski definition) is 1. The van der Waals surface area contributed by atoms with Crippen molar-refractivity contribution in [2.75, 3.05) is 24.3 Å². The van der Waals surface area contributed by atoms with Gasteiger partial charge in [0.05, 0.1) is 5.02 Å². The van der Waals surface area contributed by atoms with E-state index in [0.29, 0.717) is 15.8 Å². The van der Waals surface area contributed by atoms with Gasteiger partial charge in [0.25, 0.3) is 5.91 Å². The second kappa shape index (κ2) is 8.07. The fourth-order valence-corrected chi connectivity index (χ4v) is 3.28. The van der Waals surface area contributed by atoms with Gasteiger partial charge in [-0.25, -0.2) is 0 Å². The molecule has 0 fully saturated rings. The van der Waals surface area contributed by atoms with Gasteiger partial charge in [0, 0.05) is 41.3 Å². The van der Waals surface area contributed by atoms with Gasteiger partial charge < -0.3 is 15.0 Å². The molecule has 3 rings (SSSR count). The van der Waals surface area contributed by atoms with E-state index in [4.69, 9.17) is 27.9 Å². The molecule has 0 saturated heterocycles. The molecule has 3 aromatic rings. The van der Waals surface area contributed by atoms with E-state index in [0.717, 1.165) is 22.1 Å². The van der Waals surface area contributed by atoms with E-state index in [9.17, 15) is 4.79 Å². The van der Waals surface area contributed by atoms with Crippen LogP contribution in [0.1, 0.15) is 6.92 Å². The zero-order valence-corrected chi connectivity index (χ0v) is 16.8. The number of fused-ring (bicyclic) bond motifs is 1. The molecular formula is C21H20Cl2N2O2. The topological polar surface area (TPSA) is 41.6 Å². The molecule has 1 atom stereocenters. The van der Waals surface area contributed by atoms with Crippen molar-refractivity contribution in [2.24, 2.45) is 0 Å². The molecule has 0 heterocycles. The molecule has 27 heavy (non-hydrogen) atoms. The highest BCUT2D eigenvalue weighted by molar-refractivity contribution is 6.35. The van der Waals surface area contributed by atoms with Crippen LogP contribution in [0.3, 0.4) is 0 Å². The third-order valence-electron chi connectivity index (χ3n) is 4.21. The van der Waals surface area contributed by atoms with Crippen LogP contribution in [0.5, 0.6) is 5.75 Å². The van der Waals surface area contributed by atoms with E-state index in [2.05, 4.69) is 5.32 Å². The number of carbonyl (C=O) groups excluding carboxylic acids is 1. The van der Waals surface area contributed by atoms with Crippen molar-refractivity contribution in [1.82, 2.24) is 0 Å². The van der Waals surface area contributed by atoms with Crippen molar-refractivity contribution in [3.05, 3.63) is 64.6 Å². The third kappa shape index (κ3) is 4.29. The van der Waals surface area contributed by atoms with Crippen molar-refractivity contribution in [3.63, 3.8) is 0 Å². The van der Waals surface area contributed by atoms with Crippen LogP contribution in [-0.4, -0.2) is 26.1 Å². The summed E-state index contributed by atoms with van der Waals surface area (Å²) in [4.78, 5) is 14.7. The van der Waals surface area contributed by atoms with Gasteiger partial charge in [-0.1, -0.05) is 47.5 Å². The summed E-state index contributed by atoms with van der Waals surface area (Å²) in [5.74, 6) is 0.153. The number of benzene rings is 3. The second-order valence-electron chi connectivity index (χ2n) is 6.40. The number of hydrogen-bond acceptors (Lipinski definition) is 3. The predicted molar refractivity (Wildman–Crippen MR) is 113 cm³/mol. The monoisotopic (exact) mass is 402 g/mol. The minimum Gasteiger partial charge on any atom is -0.479 e. The summed E-state index contributed by atoms with van der Waals surface area (Å²) in [7, 11) is 3.98. The van der Waals surface area contributed by atoms with E-state index < -0.39 is 6.10 Å². The number of carbonyl (C=O) groups is 1. The molecule has 0 aliphatic heterocycles. The SMILES string of the molecule is CC(Oc1ccc(Cl)cc1Cl)C(=O)Nc1ccc(N(C)C)c2ccccc12. The van der Waals surface area contributed by atoms with Crippen molar-refractivity contribution in [3.8, 4) is 5.75 Å². The van der Waals surface area contributed by atoms with Crippen LogP contribution in [0.25, 0.3) is 10.8 Å². The first-order valence-corrected chi connectivity index (χ1v) is 9.24. The molecule has 1 N–H and O–H groups in total. The molecule has 0 bridgehead atoms. The summed E-state index contributed by atoms with van der Waals surface area (Å²) >= 11 is 12.0. The van der Waals surface area contributed by atoms with Gasteiger partial charge in [0.1, 0.15) is 5.75 Å². The molecule has 0 spiro atoms. The molecule has 0 saturated carbocycles. The summed E-state index contributed by atoms with van der Waals surface area (Å²) in [6.07, 6.45) is -0.726. The van der Waals surface area contributed by atoms with Crippen molar-refractivity contribution in [1.29, 1.82) is 0 Å². The number of halogens is 2.